The Bertz CT molecular complexity index is 457. The topological polar surface area (TPSA) is 81.4 Å². The SMILES string of the molecule is COC(=O)C(C)(C)NC(=O)C(N)CCc1ccccc1. The smallest absolute Gasteiger partial charge is 0.330 e. The predicted octanol–water partition coefficient (Wildman–Crippen LogP) is 1.01. The summed E-state index contributed by atoms with van der Waals surface area (Å²) in [6.07, 6.45) is 1.24. The number of nitrogens with one attached hydrogen (secondary N) is 1. The number of ether oxygens (including phenoxy) is 1. The Hall–Kier alpha value is -1.88. The van der Waals surface area contributed by atoms with Crippen LogP contribution < -0.4 is 11.1 Å². The van der Waals surface area contributed by atoms with Crippen molar-refractivity contribution in [2.45, 2.75) is 38.3 Å². The van der Waals surface area contributed by atoms with Crippen molar-refractivity contribution in [3.8, 4) is 0 Å². The molecule has 5 heteroatoms. The van der Waals surface area contributed by atoms with Crippen LogP contribution in [-0.2, 0) is 20.7 Å². The summed E-state index contributed by atoms with van der Waals surface area (Å²) in [6.45, 7) is 3.17. The average molecular weight is 278 g/mol. The number of methoxy groups -OCH3 is 1. The lowest BCUT2D eigenvalue weighted by Crippen LogP contribution is -2.55. The molecule has 0 saturated carbocycles. The molecule has 5 nitrogen and oxygen atoms in total. The minimum atomic E-state index is -1.07. The molecule has 0 fully saturated rings. The molecule has 0 aliphatic heterocycles. The minimum Gasteiger partial charge on any atom is -0.467 e. The van der Waals surface area contributed by atoms with Crippen molar-refractivity contribution >= 4 is 11.9 Å². The number of hydrogen-bond donors (Lipinski definition) is 2. The Balaban J connectivity index is 2.49. The Morgan fingerprint density at radius 1 is 1.30 bits per heavy atom. The maximum atomic E-state index is 12.0. The van der Waals surface area contributed by atoms with Crippen LogP contribution in [0.2, 0.25) is 0 Å². The van der Waals surface area contributed by atoms with Gasteiger partial charge in [-0.3, -0.25) is 4.79 Å². The number of nitrogens with two attached hydrogens (primary N) is 1. The quantitative estimate of drug-likeness (QED) is 0.761. The molecular weight excluding hydrogens is 256 g/mol. The monoisotopic (exact) mass is 278 g/mol. The van der Waals surface area contributed by atoms with Gasteiger partial charge in [0.15, 0.2) is 0 Å². The summed E-state index contributed by atoms with van der Waals surface area (Å²) in [4.78, 5) is 23.4. The van der Waals surface area contributed by atoms with Gasteiger partial charge in [0, 0.05) is 0 Å². The second-order valence-electron chi connectivity index (χ2n) is 5.24. The normalized spacial score (nSPS) is 12.6. The highest BCUT2D eigenvalue weighted by Gasteiger charge is 2.31. The third kappa shape index (κ3) is 4.66. The Labute approximate surface area is 119 Å². The molecular formula is C15H22N2O3. The molecule has 0 aliphatic carbocycles. The van der Waals surface area contributed by atoms with Gasteiger partial charge in [0.05, 0.1) is 13.2 Å². The van der Waals surface area contributed by atoms with E-state index in [-0.39, 0.29) is 5.91 Å². The van der Waals surface area contributed by atoms with Gasteiger partial charge in [-0.05, 0) is 32.3 Å². The summed E-state index contributed by atoms with van der Waals surface area (Å²) < 4.78 is 4.63. The van der Waals surface area contributed by atoms with E-state index < -0.39 is 17.6 Å². The lowest BCUT2D eigenvalue weighted by atomic mass is 10.0. The lowest BCUT2D eigenvalue weighted by molar-refractivity contribution is -0.149. The van der Waals surface area contributed by atoms with Crippen molar-refractivity contribution in [1.29, 1.82) is 0 Å². The maximum Gasteiger partial charge on any atom is 0.330 e. The number of aryl methyl sites for hydroxylation is 1. The van der Waals surface area contributed by atoms with E-state index in [1.54, 1.807) is 13.8 Å². The summed E-state index contributed by atoms with van der Waals surface area (Å²) in [5, 5.41) is 2.60. The molecule has 0 aliphatic rings. The molecule has 1 atom stereocenters. The molecule has 0 heterocycles. The van der Waals surface area contributed by atoms with Gasteiger partial charge in [-0.1, -0.05) is 30.3 Å². The van der Waals surface area contributed by atoms with Crippen LogP contribution >= 0.6 is 0 Å². The molecule has 1 aromatic carbocycles. The van der Waals surface area contributed by atoms with E-state index in [1.807, 2.05) is 30.3 Å². The number of benzene rings is 1. The molecule has 0 radical (unpaired) electrons. The molecule has 0 saturated heterocycles. The van der Waals surface area contributed by atoms with Crippen LogP contribution in [0.15, 0.2) is 30.3 Å². The number of esters is 1. The molecule has 1 amide bonds. The highest BCUT2D eigenvalue weighted by molar-refractivity contribution is 5.89. The van der Waals surface area contributed by atoms with Crippen molar-refractivity contribution in [2.75, 3.05) is 7.11 Å². The number of rotatable bonds is 6. The van der Waals surface area contributed by atoms with Gasteiger partial charge >= 0.3 is 5.97 Å². The fraction of sp³-hybridized carbons (Fsp3) is 0.467. The van der Waals surface area contributed by atoms with E-state index in [2.05, 4.69) is 10.1 Å². The zero-order chi connectivity index (χ0) is 15.2. The lowest BCUT2D eigenvalue weighted by Gasteiger charge is -2.25. The van der Waals surface area contributed by atoms with Crippen molar-refractivity contribution in [3.63, 3.8) is 0 Å². The first-order valence-electron chi connectivity index (χ1n) is 6.57. The molecule has 0 aromatic heterocycles. The molecule has 0 spiro atoms. The zero-order valence-corrected chi connectivity index (χ0v) is 12.2. The van der Waals surface area contributed by atoms with Crippen LogP contribution in [0.4, 0.5) is 0 Å². The van der Waals surface area contributed by atoms with Gasteiger partial charge in [-0.25, -0.2) is 4.79 Å². The largest absolute Gasteiger partial charge is 0.467 e. The molecule has 20 heavy (non-hydrogen) atoms. The van der Waals surface area contributed by atoms with Crippen molar-refractivity contribution in [1.82, 2.24) is 5.32 Å². The van der Waals surface area contributed by atoms with E-state index >= 15 is 0 Å². The fourth-order valence-corrected chi connectivity index (χ4v) is 1.80. The first-order chi connectivity index (χ1) is 9.36. The van der Waals surface area contributed by atoms with E-state index in [1.165, 1.54) is 7.11 Å². The summed E-state index contributed by atoms with van der Waals surface area (Å²) >= 11 is 0. The van der Waals surface area contributed by atoms with Gasteiger partial charge in [0.2, 0.25) is 5.91 Å². The van der Waals surface area contributed by atoms with Gasteiger partial charge in [-0.2, -0.15) is 0 Å². The van der Waals surface area contributed by atoms with Crippen LogP contribution in [0.25, 0.3) is 0 Å². The summed E-state index contributed by atoms with van der Waals surface area (Å²) in [5.41, 5.74) is 5.90. The van der Waals surface area contributed by atoms with Crippen molar-refractivity contribution in [2.24, 2.45) is 5.73 Å². The highest BCUT2D eigenvalue weighted by Crippen LogP contribution is 2.07. The second kappa shape index (κ2) is 7.05. The van der Waals surface area contributed by atoms with E-state index in [0.717, 1.165) is 5.56 Å². The van der Waals surface area contributed by atoms with Crippen LogP contribution in [0.5, 0.6) is 0 Å². The number of hydrogen-bond acceptors (Lipinski definition) is 4. The standard InChI is InChI=1S/C15H22N2O3/c1-15(2,14(19)20-3)17-13(18)12(16)10-9-11-7-5-4-6-8-11/h4-8,12H,9-10,16H2,1-3H3,(H,17,18). The Morgan fingerprint density at radius 2 is 1.90 bits per heavy atom. The van der Waals surface area contributed by atoms with Crippen molar-refractivity contribution in [3.05, 3.63) is 35.9 Å². The van der Waals surface area contributed by atoms with Gasteiger partial charge in [0.25, 0.3) is 0 Å². The van der Waals surface area contributed by atoms with E-state index in [0.29, 0.717) is 12.8 Å². The Kier molecular flexibility index (Phi) is 5.70. The molecule has 110 valence electrons. The fourth-order valence-electron chi connectivity index (χ4n) is 1.80. The van der Waals surface area contributed by atoms with Gasteiger partial charge in [-0.15, -0.1) is 0 Å². The first kappa shape index (κ1) is 16.2. The molecule has 1 unspecified atom stereocenters. The van der Waals surface area contributed by atoms with Crippen LogP contribution in [0.3, 0.4) is 0 Å². The van der Waals surface area contributed by atoms with Crippen LogP contribution in [0, 0.1) is 0 Å². The minimum absolute atomic E-state index is 0.351. The van der Waals surface area contributed by atoms with E-state index in [4.69, 9.17) is 5.73 Å². The van der Waals surface area contributed by atoms with E-state index in [9.17, 15) is 9.59 Å². The zero-order valence-electron chi connectivity index (χ0n) is 12.2. The average Bonchev–Trinajstić information content (AvgIpc) is 2.44. The molecule has 3 N–H and O–H groups in total. The number of carbonyl (C=O) groups is 2. The van der Waals surface area contributed by atoms with Crippen molar-refractivity contribution < 1.29 is 14.3 Å². The van der Waals surface area contributed by atoms with Gasteiger partial charge in [0.1, 0.15) is 5.54 Å². The maximum absolute atomic E-state index is 12.0. The first-order valence-corrected chi connectivity index (χ1v) is 6.57. The van der Waals surface area contributed by atoms with Crippen LogP contribution in [-0.4, -0.2) is 30.6 Å². The summed E-state index contributed by atoms with van der Waals surface area (Å²) in [6, 6.07) is 9.16. The third-order valence-corrected chi connectivity index (χ3v) is 3.06. The molecule has 1 rings (SSSR count). The van der Waals surface area contributed by atoms with Crippen LogP contribution in [0.1, 0.15) is 25.8 Å². The summed E-state index contributed by atoms with van der Waals surface area (Å²) in [7, 11) is 1.28. The van der Waals surface area contributed by atoms with Gasteiger partial charge < -0.3 is 15.8 Å². The predicted molar refractivity (Wildman–Crippen MR) is 77.0 cm³/mol. The number of amides is 1. The highest BCUT2D eigenvalue weighted by atomic mass is 16.5. The molecule has 0 bridgehead atoms. The second-order valence-corrected chi connectivity index (χ2v) is 5.24. The molecule has 1 aromatic rings. The number of carbonyl (C=O) groups excluding carboxylic acids is 2. The third-order valence-electron chi connectivity index (χ3n) is 3.06. The summed E-state index contributed by atoms with van der Waals surface area (Å²) in [5.74, 6) is -0.850. The Morgan fingerprint density at radius 3 is 2.45 bits per heavy atom.